The van der Waals surface area contributed by atoms with Gasteiger partial charge in [-0.3, -0.25) is 14.5 Å². The highest BCUT2D eigenvalue weighted by atomic mass is 19.1. The molecule has 34 heavy (non-hydrogen) atoms. The number of carbonyl (C=O) groups is 2. The van der Waals surface area contributed by atoms with E-state index < -0.39 is 6.17 Å². The molecule has 1 amide bonds. The van der Waals surface area contributed by atoms with Crippen LogP contribution in [0.5, 0.6) is 0 Å². The standard InChI is InChI=1S/C27H27FN4O2/c1-17(2)26(34)29-22-11-15-23(16-12-22)31-25(19(4)33)30-32(24-13-5-18(3)6-14-24)27(31)20-7-9-21(28)10-8-20/h5-17,27H,1-4H3,(H,29,34)/t27-/m0/s1. The van der Waals surface area contributed by atoms with Crippen LogP contribution in [0.4, 0.5) is 21.5 Å². The molecule has 7 heteroatoms. The van der Waals surface area contributed by atoms with Gasteiger partial charge in [0, 0.05) is 24.2 Å². The lowest BCUT2D eigenvalue weighted by Crippen LogP contribution is -2.37. The molecule has 1 aliphatic rings. The summed E-state index contributed by atoms with van der Waals surface area (Å²) in [5, 5.41) is 9.33. The molecule has 3 aromatic carbocycles. The fraction of sp³-hybridized carbons (Fsp3) is 0.222. The van der Waals surface area contributed by atoms with Gasteiger partial charge < -0.3 is 5.32 Å². The second-order valence-electron chi connectivity index (χ2n) is 8.65. The summed E-state index contributed by atoms with van der Waals surface area (Å²) in [4.78, 5) is 26.6. The SMILES string of the molecule is CC(=O)C1=NN(c2ccc(C)cc2)[C@@H](c2ccc(F)cc2)N1c1ccc(NC(=O)C(C)C)cc1. The Morgan fingerprint density at radius 1 is 0.912 bits per heavy atom. The van der Waals surface area contributed by atoms with E-state index in [2.05, 4.69) is 10.4 Å². The Labute approximate surface area is 198 Å². The van der Waals surface area contributed by atoms with E-state index in [0.29, 0.717) is 5.69 Å². The third-order valence-corrected chi connectivity index (χ3v) is 5.63. The molecule has 1 N–H and O–H groups in total. The van der Waals surface area contributed by atoms with Gasteiger partial charge in [-0.05, 0) is 61.0 Å². The number of halogens is 1. The number of ketones is 1. The van der Waals surface area contributed by atoms with Crippen molar-refractivity contribution in [3.63, 3.8) is 0 Å². The lowest BCUT2D eigenvalue weighted by molar-refractivity contribution is -0.119. The smallest absolute Gasteiger partial charge is 0.226 e. The van der Waals surface area contributed by atoms with Crippen molar-refractivity contribution in [2.75, 3.05) is 15.2 Å². The van der Waals surface area contributed by atoms with E-state index in [9.17, 15) is 14.0 Å². The van der Waals surface area contributed by atoms with Gasteiger partial charge in [-0.1, -0.05) is 43.7 Å². The molecule has 1 atom stereocenters. The van der Waals surface area contributed by atoms with Gasteiger partial charge in [0.05, 0.1) is 5.69 Å². The van der Waals surface area contributed by atoms with Gasteiger partial charge in [0.15, 0.2) is 17.8 Å². The molecule has 0 spiro atoms. The molecule has 174 valence electrons. The molecule has 0 aromatic heterocycles. The number of Topliss-reactive ketones (excluding diaryl/α,β-unsaturated/α-hetero) is 1. The molecule has 0 saturated heterocycles. The fourth-order valence-electron chi connectivity index (χ4n) is 3.75. The van der Waals surface area contributed by atoms with Crippen molar-refractivity contribution in [2.45, 2.75) is 33.9 Å². The number of amides is 1. The van der Waals surface area contributed by atoms with Crippen molar-refractivity contribution >= 4 is 34.6 Å². The quantitative estimate of drug-likeness (QED) is 0.518. The lowest BCUT2D eigenvalue weighted by Gasteiger charge is -2.32. The topological polar surface area (TPSA) is 65.0 Å². The van der Waals surface area contributed by atoms with Crippen LogP contribution >= 0.6 is 0 Å². The predicted octanol–water partition coefficient (Wildman–Crippen LogP) is 5.66. The van der Waals surface area contributed by atoms with Crippen LogP contribution in [0.3, 0.4) is 0 Å². The van der Waals surface area contributed by atoms with Crippen molar-refractivity contribution in [1.29, 1.82) is 0 Å². The Bertz CT molecular complexity index is 1220. The van der Waals surface area contributed by atoms with Gasteiger partial charge in [0.25, 0.3) is 0 Å². The van der Waals surface area contributed by atoms with Crippen molar-refractivity contribution in [3.05, 3.63) is 89.7 Å². The predicted molar refractivity (Wildman–Crippen MR) is 133 cm³/mol. The van der Waals surface area contributed by atoms with Gasteiger partial charge in [-0.2, -0.15) is 0 Å². The van der Waals surface area contributed by atoms with Crippen LogP contribution in [-0.2, 0) is 9.59 Å². The minimum atomic E-state index is -0.502. The number of carbonyl (C=O) groups excluding carboxylic acids is 2. The third-order valence-electron chi connectivity index (χ3n) is 5.63. The number of amidine groups is 1. The Hall–Kier alpha value is -4.00. The molecule has 1 aliphatic heterocycles. The summed E-state index contributed by atoms with van der Waals surface area (Å²) in [7, 11) is 0. The number of hydrazone groups is 1. The van der Waals surface area contributed by atoms with Gasteiger partial charge in [-0.15, -0.1) is 5.10 Å². The zero-order chi connectivity index (χ0) is 24.4. The maximum Gasteiger partial charge on any atom is 0.226 e. The number of nitrogens with zero attached hydrogens (tertiary/aromatic N) is 3. The molecule has 0 bridgehead atoms. The zero-order valence-corrected chi connectivity index (χ0v) is 19.6. The highest BCUT2D eigenvalue weighted by Gasteiger charge is 2.39. The summed E-state index contributed by atoms with van der Waals surface area (Å²) in [6, 6.07) is 21.3. The molecule has 4 rings (SSSR count). The van der Waals surface area contributed by atoms with Crippen molar-refractivity contribution in [1.82, 2.24) is 0 Å². The van der Waals surface area contributed by atoms with Crippen molar-refractivity contribution in [3.8, 4) is 0 Å². The first-order valence-electron chi connectivity index (χ1n) is 11.2. The molecule has 0 unspecified atom stereocenters. The van der Waals surface area contributed by atoms with Gasteiger partial charge in [0.2, 0.25) is 5.91 Å². The van der Waals surface area contributed by atoms with E-state index in [4.69, 9.17) is 0 Å². The molecule has 6 nitrogen and oxygen atoms in total. The highest BCUT2D eigenvalue weighted by Crippen LogP contribution is 2.39. The van der Waals surface area contributed by atoms with Crippen molar-refractivity contribution < 1.29 is 14.0 Å². The summed E-state index contributed by atoms with van der Waals surface area (Å²) < 4.78 is 13.7. The van der Waals surface area contributed by atoms with Crippen LogP contribution in [0.25, 0.3) is 0 Å². The van der Waals surface area contributed by atoms with Gasteiger partial charge in [0.1, 0.15) is 5.82 Å². The van der Waals surface area contributed by atoms with Crippen LogP contribution in [-0.4, -0.2) is 17.5 Å². The minimum Gasteiger partial charge on any atom is -0.326 e. The second-order valence-corrected chi connectivity index (χ2v) is 8.65. The van der Waals surface area contributed by atoms with Crippen LogP contribution in [0.1, 0.15) is 38.1 Å². The zero-order valence-electron chi connectivity index (χ0n) is 19.6. The van der Waals surface area contributed by atoms with Gasteiger partial charge >= 0.3 is 0 Å². The Morgan fingerprint density at radius 2 is 1.50 bits per heavy atom. The second kappa shape index (κ2) is 9.47. The van der Waals surface area contributed by atoms with Crippen molar-refractivity contribution in [2.24, 2.45) is 11.0 Å². The molecular weight excluding hydrogens is 431 g/mol. The van der Waals surface area contributed by atoms with E-state index in [1.54, 1.807) is 29.3 Å². The number of nitrogens with one attached hydrogen (secondary N) is 1. The van der Waals surface area contributed by atoms with E-state index >= 15 is 0 Å². The number of hydrogen-bond donors (Lipinski definition) is 1. The first kappa shape index (κ1) is 23.2. The Balaban J connectivity index is 1.78. The number of rotatable bonds is 6. The largest absolute Gasteiger partial charge is 0.326 e. The van der Waals surface area contributed by atoms with E-state index in [1.807, 2.05) is 62.1 Å². The monoisotopic (exact) mass is 458 g/mol. The molecule has 0 fully saturated rings. The number of aryl methyl sites for hydroxylation is 1. The van der Waals surface area contributed by atoms with Crippen LogP contribution in [0.2, 0.25) is 0 Å². The summed E-state index contributed by atoms with van der Waals surface area (Å²) in [6.45, 7) is 7.14. The number of benzene rings is 3. The Morgan fingerprint density at radius 3 is 2.06 bits per heavy atom. The molecule has 0 aliphatic carbocycles. The average Bonchev–Trinajstić information content (AvgIpc) is 3.21. The van der Waals surface area contributed by atoms with Crippen LogP contribution in [0, 0.1) is 18.7 Å². The minimum absolute atomic E-state index is 0.0744. The van der Waals surface area contributed by atoms with Crippen LogP contribution < -0.4 is 15.2 Å². The normalized spacial score (nSPS) is 15.5. The fourth-order valence-corrected chi connectivity index (χ4v) is 3.75. The van der Waals surface area contributed by atoms with E-state index in [-0.39, 0.29) is 29.3 Å². The number of anilines is 3. The molecule has 3 aromatic rings. The summed E-state index contributed by atoms with van der Waals surface area (Å²) >= 11 is 0. The third kappa shape index (κ3) is 4.69. The maximum atomic E-state index is 13.7. The summed E-state index contributed by atoms with van der Waals surface area (Å²) in [5.74, 6) is -0.476. The molecule has 1 heterocycles. The first-order chi connectivity index (χ1) is 16.2. The van der Waals surface area contributed by atoms with Gasteiger partial charge in [-0.25, -0.2) is 9.40 Å². The van der Waals surface area contributed by atoms with E-state index in [1.165, 1.54) is 19.1 Å². The number of hydrogen-bond acceptors (Lipinski definition) is 5. The van der Waals surface area contributed by atoms with Crippen LogP contribution in [0.15, 0.2) is 77.9 Å². The molecule has 0 saturated carbocycles. The summed E-state index contributed by atoms with van der Waals surface area (Å²) in [6.07, 6.45) is -0.502. The summed E-state index contributed by atoms with van der Waals surface area (Å²) in [5.41, 5.74) is 4.08. The molecular formula is C27H27FN4O2. The Kier molecular flexibility index (Phi) is 6.45. The maximum absolute atomic E-state index is 13.7. The lowest BCUT2D eigenvalue weighted by atomic mass is 10.1. The molecule has 0 radical (unpaired) electrons. The highest BCUT2D eigenvalue weighted by molar-refractivity contribution is 6.44. The first-order valence-corrected chi connectivity index (χ1v) is 11.2. The van der Waals surface area contributed by atoms with E-state index in [0.717, 1.165) is 22.5 Å². The average molecular weight is 459 g/mol.